The second kappa shape index (κ2) is 6.21. The molecule has 1 N–H and O–H groups in total. The molecule has 0 radical (unpaired) electrons. The molecule has 1 aromatic rings. The molecule has 1 fully saturated rings. The Morgan fingerprint density at radius 3 is 3.00 bits per heavy atom. The molecule has 1 heterocycles. The highest BCUT2D eigenvalue weighted by molar-refractivity contribution is 9.10. The predicted octanol–water partition coefficient (Wildman–Crippen LogP) is 2.96. The first-order chi connectivity index (χ1) is 9.11. The van der Waals surface area contributed by atoms with E-state index in [0.29, 0.717) is 12.2 Å². The molecule has 0 spiro atoms. The summed E-state index contributed by atoms with van der Waals surface area (Å²) in [5, 5.41) is 14.2. The Kier molecular flexibility index (Phi) is 4.60. The SMILES string of the molecule is COc1cc(Br)cc(NCC2CCCO2)c1[N+](=O)[O-]. The predicted molar refractivity (Wildman–Crippen MR) is 74.8 cm³/mol. The van der Waals surface area contributed by atoms with Gasteiger partial charge >= 0.3 is 5.69 Å². The van der Waals surface area contributed by atoms with E-state index in [-0.39, 0.29) is 17.5 Å². The smallest absolute Gasteiger partial charge is 0.333 e. The van der Waals surface area contributed by atoms with Gasteiger partial charge in [0, 0.05) is 23.7 Å². The number of hydrogen-bond donors (Lipinski definition) is 1. The van der Waals surface area contributed by atoms with E-state index in [1.54, 1.807) is 12.1 Å². The van der Waals surface area contributed by atoms with Crippen molar-refractivity contribution in [2.24, 2.45) is 0 Å². The summed E-state index contributed by atoms with van der Waals surface area (Å²) in [5.74, 6) is 0.231. The van der Waals surface area contributed by atoms with Crippen LogP contribution in [0.15, 0.2) is 16.6 Å². The number of anilines is 1. The molecule has 7 heteroatoms. The zero-order valence-electron chi connectivity index (χ0n) is 10.5. The number of benzene rings is 1. The zero-order valence-corrected chi connectivity index (χ0v) is 12.1. The summed E-state index contributed by atoms with van der Waals surface area (Å²) < 4.78 is 11.3. The number of ether oxygens (including phenoxy) is 2. The molecule has 0 saturated carbocycles. The number of nitro benzene ring substituents is 1. The van der Waals surface area contributed by atoms with Crippen LogP contribution in [-0.2, 0) is 4.74 Å². The van der Waals surface area contributed by atoms with Crippen LogP contribution >= 0.6 is 15.9 Å². The first-order valence-corrected chi connectivity index (χ1v) is 6.78. The molecule has 1 unspecified atom stereocenters. The first kappa shape index (κ1) is 14.1. The van der Waals surface area contributed by atoms with E-state index in [2.05, 4.69) is 21.2 Å². The Balaban J connectivity index is 2.21. The minimum atomic E-state index is -0.441. The highest BCUT2D eigenvalue weighted by atomic mass is 79.9. The fourth-order valence-electron chi connectivity index (χ4n) is 2.08. The number of hydrogen-bond acceptors (Lipinski definition) is 5. The van der Waals surface area contributed by atoms with Crippen LogP contribution in [-0.4, -0.2) is 31.3 Å². The van der Waals surface area contributed by atoms with Crippen molar-refractivity contribution in [2.75, 3.05) is 25.6 Å². The average Bonchev–Trinajstić information content (AvgIpc) is 2.88. The van der Waals surface area contributed by atoms with Crippen molar-refractivity contribution in [1.29, 1.82) is 0 Å². The van der Waals surface area contributed by atoms with Crippen LogP contribution in [0, 0.1) is 10.1 Å². The van der Waals surface area contributed by atoms with Crippen LogP contribution in [0.2, 0.25) is 0 Å². The highest BCUT2D eigenvalue weighted by Crippen LogP contribution is 2.38. The van der Waals surface area contributed by atoms with Gasteiger partial charge in [0.1, 0.15) is 5.69 Å². The summed E-state index contributed by atoms with van der Waals surface area (Å²) in [6, 6.07) is 3.25. The number of nitro groups is 1. The van der Waals surface area contributed by atoms with Crippen LogP contribution in [0.5, 0.6) is 5.75 Å². The van der Waals surface area contributed by atoms with E-state index in [4.69, 9.17) is 9.47 Å². The molecule has 0 amide bonds. The lowest BCUT2D eigenvalue weighted by atomic mass is 10.2. The summed E-state index contributed by atoms with van der Waals surface area (Å²) in [4.78, 5) is 10.7. The Morgan fingerprint density at radius 2 is 2.42 bits per heavy atom. The lowest BCUT2D eigenvalue weighted by Gasteiger charge is -2.13. The number of nitrogens with zero attached hydrogens (tertiary/aromatic N) is 1. The Hall–Kier alpha value is -1.34. The molecule has 6 nitrogen and oxygen atoms in total. The summed E-state index contributed by atoms with van der Waals surface area (Å²) in [7, 11) is 1.42. The molecule has 0 bridgehead atoms. The van der Waals surface area contributed by atoms with Gasteiger partial charge in [0.25, 0.3) is 0 Å². The molecule has 1 aliphatic heterocycles. The molecule has 1 saturated heterocycles. The first-order valence-electron chi connectivity index (χ1n) is 5.99. The zero-order chi connectivity index (χ0) is 13.8. The summed E-state index contributed by atoms with van der Waals surface area (Å²) >= 11 is 3.32. The third-order valence-corrected chi connectivity index (χ3v) is 3.44. The average molecular weight is 331 g/mol. The fourth-order valence-corrected chi connectivity index (χ4v) is 2.52. The second-order valence-electron chi connectivity index (χ2n) is 4.28. The monoisotopic (exact) mass is 330 g/mol. The van der Waals surface area contributed by atoms with Gasteiger partial charge in [0.05, 0.1) is 18.1 Å². The van der Waals surface area contributed by atoms with E-state index in [1.807, 2.05) is 0 Å². The van der Waals surface area contributed by atoms with Crippen LogP contribution in [0.1, 0.15) is 12.8 Å². The maximum atomic E-state index is 11.1. The van der Waals surface area contributed by atoms with Crippen molar-refractivity contribution in [3.63, 3.8) is 0 Å². The van der Waals surface area contributed by atoms with Crippen molar-refractivity contribution < 1.29 is 14.4 Å². The summed E-state index contributed by atoms with van der Waals surface area (Å²) in [5.41, 5.74) is 0.385. The third kappa shape index (κ3) is 3.36. The van der Waals surface area contributed by atoms with Gasteiger partial charge in [-0.2, -0.15) is 0 Å². The Bertz CT molecular complexity index is 475. The van der Waals surface area contributed by atoms with Crippen LogP contribution in [0.25, 0.3) is 0 Å². The van der Waals surface area contributed by atoms with Crippen molar-refractivity contribution >= 4 is 27.3 Å². The topological polar surface area (TPSA) is 73.6 Å². The molecule has 104 valence electrons. The molecular formula is C12H15BrN2O4. The standard InChI is InChI=1S/C12H15BrN2O4/c1-18-11-6-8(13)5-10(12(11)15(16)17)14-7-9-3-2-4-19-9/h5-6,9,14H,2-4,7H2,1H3. The van der Waals surface area contributed by atoms with Gasteiger partial charge < -0.3 is 14.8 Å². The van der Waals surface area contributed by atoms with E-state index in [1.165, 1.54) is 7.11 Å². The Morgan fingerprint density at radius 1 is 1.63 bits per heavy atom. The summed E-state index contributed by atoms with van der Waals surface area (Å²) in [6.45, 7) is 1.32. The quantitative estimate of drug-likeness (QED) is 0.663. The highest BCUT2D eigenvalue weighted by Gasteiger charge is 2.23. The minimum Gasteiger partial charge on any atom is -0.490 e. The van der Waals surface area contributed by atoms with Gasteiger partial charge in [-0.25, -0.2) is 0 Å². The van der Waals surface area contributed by atoms with E-state index in [9.17, 15) is 10.1 Å². The molecule has 0 aliphatic carbocycles. The number of methoxy groups -OCH3 is 1. The van der Waals surface area contributed by atoms with Crippen molar-refractivity contribution in [2.45, 2.75) is 18.9 Å². The molecule has 19 heavy (non-hydrogen) atoms. The molecule has 1 aromatic carbocycles. The summed E-state index contributed by atoms with van der Waals surface area (Å²) in [6.07, 6.45) is 2.13. The van der Waals surface area contributed by atoms with Gasteiger partial charge in [-0.05, 0) is 18.9 Å². The number of nitrogens with one attached hydrogen (secondary N) is 1. The third-order valence-electron chi connectivity index (χ3n) is 2.99. The van der Waals surface area contributed by atoms with Gasteiger partial charge in [-0.1, -0.05) is 15.9 Å². The number of rotatable bonds is 5. The van der Waals surface area contributed by atoms with E-state index in [0.717, 1.165) is 23.9 Å². The van der Waals surface area contributed by atoms with Gasteiger partial charge in [-0.15, -0.1) is 0 Å². The van der Waals surface area contributed by atoms with E-state index >= 15 is 0 Å². The Labute approximate surface area is 119 Å². The fraction of sp³-hybridized carbons (Fsp3) is 0.500. The van der Waals surface area contributed by atoms with Gasteiger partial charge in [-0.3, -0.25) is 10.1 Å². The maximum absolute atomic E-state index is 11.1. The van der Waals surface area contributed by atoms with Gasteiger partial charge in [0.2, 0.25) is 0 Å². The van der Waals surface area contributed by atoms with Crippen molar-refractivity contribution in [1.82, 2.24) is 0 Å². The maximum Gasteiger partial charge on any atom is 0.333 e. The largest absolute Gasteiger partial charge is 0.490 e. The normalized spacial score (nSPS) is 18.3. The van der Waals surface area contributed by atoms with Crippen LogP contribution < -0.4 is 10.1 Å². The lowest BCUT2D eigenvalue weighted by Crippen LogP contribution is -2.19. The molecule has 1 aliphatic rings. The molecular weight excluding hydrogens is 316 g/mol. The second-order valence-corrected chi connectivity index (χ2v) is 5.19. The molecule has 0 aromatic heterocycles. The lowest BCUT2D eigenvalue weighted by molar-refractivity contribution is -0.384. The van der Waals surface area contributed by atoms with Crippen molar-refractivity contribution in [3.05, 3.63) is 26.7 Å². The molecule has 2 rings (SSSR count). The number of halogens is 1. The van der Waals surface area contributed by atoms with Crippen molar-refractivity contribution in [3.8, 4) is 5.75 Å². The van der Waals surface area contributed by atoms with Gasteiger partial charge in [0.15, 0.2) is 5.75 Å². The van der Waals surface area contributed by atoms with Crippen LogP contribution in [0.3, 0.4) is 0 Å². The van der Waals surface area contributed by atoms with Crippen LogP contribution in [0.4, 0.5) is 11.4 Å². The minimum absolute atomic E-state index is 0.0521. The molecule has 1 atom stereocenters. The van der Waals surface area contributed by atoms with E-state index < -0.39 is 4.92 Å².